The van der Waals surface area contributed by atoms with Crippen LogP contribution in [-0.2, 0) is 4.79 Å². The summed E-state index contributed by atoms with van der Waals surface area (Å²) in [6, 6.07) is 21.5. The summed E-state index contributed by atoms with van der Waals surface area (Å²) in [5.74, 6) is 0.627. The number of aromatic nitrogens is 2. The third kappa shape index (κ3) is 9.50. The van der Waals surface area contributed by atoms with E-state index in [1.54, 1.807) is 6.20 Å². The standard InChI is InChI=1S/C26H27N3O3.C4H9BrO/c30-26(31)17-21(19-8-2-1-3-9-19)23-18-29-24-12-11-20(16-22(23)24)32-15-7-6-14-28-25-10-4-5-13-27-25;5-3-1-2-4-6/h1-5,8-13,16,18,21,29H,6-7,14-15,17H2,(H,27,28)(H,30,31);6H,1-4H2. The Hall–Kier alpha value is -3.36. The van der Waals surface area contributed by atoms with Gasteiger partial charge in [-0.3, -0.25) is 4.79 Å². The Morgan fingerprint density at radius 3 is 2.53 bits per heavy atom. The number of pyridine rings is 1. The molecule has 0 fully saturated rings. The minimum absolute atomic E-state index is 0.0331. The van der Waals surface area contributed by atoms with E-state index in [1.165, 1.54) is 0 Å². The van der Waals surface area contributed by atoms with Gasteiger partial charge in [-0.25, -0.2) is 4.98 Å². The van der Waals surface area contributed by atoms with Crippen LogP contribution in [0.1, 0.15) is 49.1 Å². The number of carboxylic acids is 1. The van der Waals surface area contributed by atoms with E-state index in [1.807, 2.05) is 72.9 Å². The number of rotatable bonds is 14. The first-order valence-electron chi connectivity index (χ1n) is 12.9. The van der Waals surface area contributed by atoms with Gasteiger partial charge in [0.2, 0.25) is 0 Å². The summed E-state index contributed by atoms with van der Waals surface area (Å²) in [6.07, 6.45) is 7.62. The molecule has 38 heavy (non-hydrogen) atoms. The van der Waals surface area contributed by atoms with Crippen LogP contribution in [-0.4, -0.2) is 51.2 Å². The molecular formula is C30H36BrN3O4. The Morgan fingerprint density at radius 2 is 1.84 bits per heavy atom. The number of benzene rings is 2. The summed E-state index contributed by atoms with van der Waals surface area (Å²) in [5.41, 5.74) is 2.93. The quantitative estimate of drug-likeness (QED) is 0.0987. The molecular weight excluding hydrogens is 546 g/mol. The lowest BCUT2D eigenvalue weighted by atomic mass is 9.88. The Kier molecular flexibility index (Phi) is 12.7. The first-order valence-corrected chi connectivity index (χ1v) is 14.1. The number of hydrogen-bond donors (Lipinski definition) is 4. The highest BCUT2D eigenvalue weighted by Gasteiger charge is 2.21. The third-order valence-corrected chi connectivity index (χ3v) is 6.55. The second kappa shape index (κ2) is 16.5. The van der Waals surface area contributed by atoms with Gasteiger partial charge in [0.1, 0.15) is 11.6 Å². The number of H-pyrrole nitrogens is 1. The largest absolute Gasteiger partial charge is 0.494 e. The number of fused-ring (bicyclic) bond motifs is 1. The Balaban J connectivity index is 0.000000599. The Morgan fingerprint density at radius 1 is 1.03 bits per heavy atom. The number of unbranched alkanes of at least 4 members (excludes halogenated alkanes) is 2. The number of aliphatic hydroxyl groups excluding tert-OH is 1. The second-order valence-electron chi connectivity index (χ2n) is 8.83. The van der Waals surface area contributed by atoms with Crippen LogP contribution >= 0.6 is 15.9 Å². The molecule has 7 nitrogen and oxygen atoms in total. The van der Waals surface area contributed by atoms with Crippen molar-refractivity contribution in [1.29, 1.82) is 0 Å². The minimum Gasteiger partial charge on any atom is -0.494 e. The molecule has 1 atom stereocenters. The van der Waals surface area contributed by atoms with Crippen molar-refractivity contribution in [2.75, 3.05) is 30.4 Å². The number of hydrogen-bond acceptors (Lipinski definition) is 5. The number of nitrogens with one attached hydrogen (secondary N) is 2. The number of anilines is 1. The van der Waals surface area contributed by atoms with Crippen LogP contribution in [0.25, 0.3) is 10.9 Å². The van der Waals surface area contributed by atoms with Gasteiger partial charge in [-0.2, -0.15) is 0 Å². The van der Waals surface area contributed by atoms with Crippen molar-refractivity contribution in [2.24, 2.45) is 0 Å². The van der Waals surface area contributed by atoms with Crippen molar-refractivity contribution in [3.05, 3.63) is 90.3 Å². The SMILES string of the molecule is O=C(O)CC(c1ccccc1)c1c[nH]c2ccc(OCCCCNc3ccccn3)cc12.OCCCCBr. The molecule has 0 saturated heterocycles. The van der Waals surface area contributed by atoms with Gasteiger partial charge in [0, 0.05) is 47.7 Å². The topological polar surface area (TPSA) is 107 Å². The summed E-state index contributed by atoms with van der Waals surface area (Å²) in [4.78, 5) is 19.1. The molecule has 0 bridgehead atoms. The first-order chi connectivity index (χ1) is 18.6. The van der Waals surface area contributed by atoms with Gasteiger partial charge in [-0.15, -0.1) is 0 Å². The fourth-order valence-corrected chi connectivity index (χ4v) is 4.47. The maximum absolute atomic E-state index is 11.6. The smallest absolute Gasteiger partial charge is 0.304 e. The molecule has 0 saturated carbocycles. The van der Waals surface area contributed by atoms with Gasteiger partial charge in [-0.05, 0) is 67.1 Å². The van der Waals surface area contributed by atoms with Crippen molar-refractivity contribution in [3.63, 3.8) is 0 Å². The molecule has 0 amide bonds. The maximum atomic E-state index is 11.6. The highest BCUT2D eigenvalue weighted by Crippen LogP contribution is 2.35. The Bertz CT molecular complexity index is 1210. The molecule has 0 radical (unpaired) electrons. The van der Waals surface area contributed by atoms with Gasteiger partial charge in [0.25, 0.3) is 0 Å². The van der Waals surface area contributed by atoms with Gasteiger partial charge in [0.05, 0.1) is 13.0 Å². The number of aliphatic carboxylic acids is 1. The summed E-state index contributed by atoms with van der Waals surface area (Å²) >= 11 is 3.24. The highest BCUT2D eigenvalue weighted by atomic mass is 79.9. The van der Waals surface area contributed by atoms with Crippen molar-refractivity contribution in [2.45, 2.75) is 38.0 Å². The molecule has 1 unspecified atom stereocenters. The summed E-state index contributed by atoms with van der Waals surface area (Å²) < 4.78 is 5.98. The van der Waals surface area contributed by atoms with Crippen LogP contribution in [0.4, 0.5) is 5.82 Å². The predicted octanol–water partition coefficient (Wildman–Crippen LogP) is 6.59. The van der Waals surface area contributed by atoms with E-state index in [9.17, 15) is 9.90 Å². The lowest BCUT2D eigenvalue weighted by Gasteiger charge is -2.15. The highest BCUT2D eigenvalue weighted by molar-refractivity contribution is 9.09. The number of alkyl halides is 1. The van der Waals surface area contributed by atoms with Crippen LogP contribution in [0.15, 0.2) is 79.1 Å². The number of aliphatic hydroxyl groups is 1. The van der Waals surface area contributed by atoms with Crippen LogP contribution in [0.5, 0.6) is 5.75 Å². The first kappa shape index (κ1) is 29.2. The molecule has 0 aliphatic carbocycles. The molecule has 4 N–H and O–H groups in total. The number of carboxylic acid groups (broad SMARTS) is 1. The van der Waals surface area contributed by atoms with E-state index in [2.05, 4.69) is 31.2 Å². The van der Waals surface area contributed by atoms with Crippen LogP contribution in [0.2, 0.25) is 0 Å². The molecule has 4 rings (SSSR count). The van der Waals surface area contributed by atoms with Crippen molar-refractivity contribution < 1.29 is 19.7 Å². The van der Waals surface area contributed by atoms with E-state index in [0.29, 0.717) is 13.2 Å². The molecule has 2 heterocycles. The zero-order valence-electron chi connectivity index (χ0n) is 21.5. The van der Waals surface area contributed by atoms with E-state index < -0.39 is 5.97 Å². The predicted molar refractivity (Wildman–Crippen MR) is 156 cm³/mol. The molecule has 0 aliphatic rings. The maximum Gasteiger partial charge on any atom is 0.304 e. The van der Waals surface area contributed by atoms with Gasteiger partial charge >= 0.3 is 5.97 Å². The summed E-state index contributed by atoms with van der Waals surface area (Å²) in [7, 11) is 0. The minimum atomic E-state index is -0.820. The van der Waals surface area contributed by atoms with Gasteiger partial charge < -0.3 is 25.3 Å². The van der Waals surface area contributed by atoms with Crippen LogP contribution in [0.3, 0.4) is 0 Å². The second-order valence-corrected chi connectivity index (χ2v) is 9.62. The number of halogens is 1. The zero-order chi connectivity index (χ0) is 27.0. The molecule has 2 aromatic heterocycles. The fourth-order valence-electron chi connectivity index (χ4n) is 4.07. The Labute approximate surface area is 232 Å². The van der Waals surface area contributed by atoms with E-state index in [-0.39, 0.29) is 12.3 Å². The number of aromatic amines is 1. The normalized spacial score (nSPS) is 11.4. The number of ether oxygens (including phenoxy) is 1. The molecule has 8 heteroatoms. The molecule has 0 spiro atoms. The average Bonchev–Trinajstić information content (AvgIpc) is 3.37. The lowest BCUT2D eigenvalue weighted by Crippen LogP contribution is -2.07. The van der Waals surface area contributed by atoms with Crippen molar-refractivity contribution in [3.8, 4) is 5.75 Å². The zero-order valence-corrected chi connectivity index (χ0v) is 23.1. The van der Waals surface area contributed by atoms with Crippen molar-refractivity contribution >= 4 is 38.6 Å². The van der Waals surface area contributed by atoms with Crippen LogP contribution in [0, 0.1) is 0 Å². The van der Waals surface area contributed by atoms with Gasteiger partial charge in [0.15, 0.2) is 0 Å². The summed E-state index contributed by atoms with van der Waals surface area (Å²) in [5, 5.41) is 23.0. The van der Waals surface area contributed by atoms with E-state index >= 15 is 0 Å². The molecule has 2 aromatic carbocycles. The summed E-state index contributed by atoms with van der Waals surface area (Å²) in [6.45, 7) is 1.79. The molecule has 4 aromatic rings. The lowest BCUT2D eigenvalue weighted by molar-refractivity contribution is -0.137. The van der Waals surface area contributed by atoms with E-state index in [4.69, 9.17) is 9.84 Å². The average molecular weight is 583 g/mol. The monoisotopic (exact) mass is 581 g/mol. The van der Waals surface area contributed by atoms with Crippen molar-refractivity contribution in [1.82, 2.24) is 9.97 Å². The molecule has 202 valence electrons. The number of carbonyl (C=O) groups is 1. The third-order valence-electron chi connectivity index (χ3n) is 5.99. The van der Waals surface area contributed by atoms with E-state index in [0.717, 1.165) is 71.2 Å². The van der Waals surface area contributed by atoms with Crippen LogP contribution < -0.4 is 10.1 Å². The fraction of sp³-hybridized carbons (Fsp3) is 0.333. The number of nitrogens with zero attached hydrogens (tertiary/aromatic N) is 1. The molecule has 0 aliphatic heterocycles. The van der Waals surface area contributed by atoms with Gasteiger partial charge in [-0.1, -0.05) is 52.3 Å².